The average Bonchev–Trinajstić information content (AvgIpc) is 2.47. The summed E-state index contributed by atoms with van der Waals surface area (Å²) in [7, 11) is 0. The number of carbonyl (C=O) groups excluding carboxylic acids is 1. The minimum atomic E-state index is -0.729. The molecule has 1 N–H and O–H groups in total. The van der Waals surface area contributed by atoms with Gasteiger partial charge in [0.1, 0.15) is 5.60 Å². The van der Waals surface area contributed by atoms with E-state index in [0.717, 1.165) is 19.3 Å². The third kappa shape index (κ3) is 2.68. The summed E-state index contributed by atoms with van der Waals surface area (Å²) in [6, 6.07) is 0. The fraction of sp³-hybridized carbons (Fsp3) is 0.867. The third-order valence-electron chi connectivity index (χ3n) is 5.06. The maximum absolute atomic E-state index is 12.6. The lowest BCUT2D eigenvalue weighted by atomic mass is 9.76. The van der Waals surface area contributed by atoms with Crippen LogP contribution in [0.1, 0.15) is 52.4 Å². The molecule has 0 saturated carbocycles. The van der Waals surface area contributed by atoms with Crippen molar-refractivity contribution in [2.75, 3.05) is 19.7 Å². The fourth-order valence-electron chi connectivity index (χ4n) is 3.29. The van der Waals surface area contributed by atoms with E-state index in [4.69, 9.17) is 4.74 Å². The molecule has 0 aromatic carbocycles. The highest BCUT2D eigenvalue weighted by Gasteiger charge is 2.45. The SMILES string of the molecule is CCC1(C(=O)O)CCN(C(=O)C2(C)CCCCO2)CC1. The number of hydrogen-bond donors (Lipinski definition) is 1. The summed E-state index contributed by atoms with van der Waals surface area (Å²) >= 11 is 0. The predicted octanol–water partition coefficient (Wildman–Crippen LogP) is 2.05. The summed E-state index contributed by atoms with van der Waals surface area (Å²) in [6.07, 6.45) is 4.50. The first-order chi connectivity index (χ1) is 9.43. The molecule has 5 nitrogen and oxygen atoms in total. The van der Waals surface area contributed by atoms with Gasteiger partial charge in [0.15, 0.2) is 0 Å². The molecule has 2 rings (SSSR count). The second kappa shape index (κ2) is 5.72. The fourth-order valence-corrected chi connectivity index (χ4v) is 3.29. The van der Waals surface area contributed by atoms with E-state index in [1.165, 1.54) is 0 Å². The van der Waals surface area contributed by atoms with E-state index in [-0.39, 0.29) is 5.91 Å². The minimum absolute atomic E-state index is 0.0345. The minimum Gasteiger partial charge on any atom is -0.481 e. The number of carbonyl (C=O) groups is 2. The lowest BCUT2D eigenvalue weighted by molar-refractivity contribution is -0.167. The van der Waals surface area contributed by atoms with E-state index in [0.29, 0.717) is 39.0 Å². The van der Waals surface area contributed by atoms with Gasteiger partial charge in [-0.1, -0.05) is 6.92 Å². The van der Waals surface area contributed by atoms with Crippen molar-refractivity contribution in [3.63, 3.8) is 0 Å². The molecule has 0 spiro atoms. The molecule has 0 radical (unpaired) electrons. The van der Waals surface area contributed by atoms with Gasteiger partial charge in [0, 0.05) is 19.7 Å². The Kier molecular flexibility index (Phi) is 4.37. The quantitative estimate of drug-likeness (QED) is 0.861. The van der Waals surface area contributed by atoms with Crippen LogP contribution in [0.5, 0.6) is 0 Å². The second-order valence-electron chi connectivity index (χ2n) is 6.27. The van der Waals surface area contributed by atoms with Crippen LogP contribution in [0.2, 0.25) is 0 Å². The van der Waals surface area contributed by atoms with Crippen molar-refractivity contribution in [2.24, 2.45) is 5.41 Å². The summed E-state index contributed by atoms with van der Waals surface area (Å²) in [5.41, 5.74) is -1.35. The first-order valence-electron chi connectivity index (χ1n) is 7.60. The molecule has 1 unspecified atom stereocenters. The smallest absolute Gasteiger partial charge is 0.309 e. The zero-order chi connectivity index (χ0) is 14.8. The number of amides is 1. The molecule has 1 atom stereocenters. The van der Waals surface area contributed by atoms with Gasteiger partial charge in [-0.3, -0.25) is 9.59 Å². The van der Waals surface area contributed by atoms with Gasteiger partial charge >= 0.3 is 5.97 Å². The Labute approximate surface area is 120 Å². The van der Waals surface area contributed by atoms with Gasteiger partial charge in [-0.25, -0.2) is 0 Å². The van der Waals surface area contributed by atoms with Crippen LogP contribution in [-0.2, 0) is 14.3 Å². The lowest BCUT2D eigenvalue weighted by Gasteiger charge is -2.42. The number of aliphatic carboxylic acids is 1. The van der Waals surface area contributed by atoms with Crippen LogP contribution >= 0.6 is 0 Å². The molecule has 5 heteroatoms. The van der Waals surface area contributed by atoms with Gasteiger partial charge in [0.05, 0.1) is 5.41 Å². The van der Waals surface area contributed by atoms with Gasteiger partial charge in [0.2, 0.25) is 0 Å². The van der Waals surface area contributed by atoms with E-state index < -0.39 is 17.0 Å². The molecule has 20 heavy (non-hydrogen) atoms. The first kappa shape index (κ1) is 15.3. The molecule has 2 heterocycles. The molecule has 114 valence electrons. The van der Waals surface area contributed by atoms with Crippen molar-refractivity contribution in [1.82, 2.24) is 4.90 Å². The van der Waals surface area contributed by atoms with Gasteiger partial charge < -0.3 is 14.7 Å². The molecule has 0 aromatic heterocycles. The first-order valence-corrected chi connectivity index (χ1v) is 7.60. The molecule has 1 amide bonds. The zero-order valence-electron chi connectivity index (χ0n) is 12.5. The van der Waals surface area contributed by atoms with Gasteiger partial charge in [-0.05, 0) is 45.4 Å². The van der Waals surface area contributed by atoms with Crippen LogP contribution in [0, 0.1) is 5.41 Å². The van der Waals surface area contributed by atoms with Crippen LogP contribution < -0.4 is 0 Å². The number of nitrogens with zero attached hydrogens (tertiary/aromatic N) is 1. The molecule has 0 aliphatic carbocycles. The highest BCUT2D eigenvalue weighted by molar-refractivity contribution is 5.85. The number of carboxylic acid groups (broad SMARTS) is 1. The van der Waals surface area contributed by atoms with Crippen molar-refractivity contribution in [2.45, 2.75) is 58.0 Å². The second-order valence-corrected chi connectivity index (χ2v) is 6.27. The summed E-state index contributed by atoms with van der Waals surface area (Å²) < 4.78 is 5.70. The number of likely N-dealkylation sites (tertiary alicyclic amines) is 1. The van der Waals surface area contributed by atoms with Crippen LogP contribution in [0.3, 0.4) is 0 Å². The van der Waals surface area contributed by atoms with E-state index in [1.54, 1.807) is 4.90 Å². The molecule has 2 aliphatic heterocycles. The summed E-state index contributed by atoms with van der Waals surface area (Å²) in [5, 5.41) is 9.38. The van der Waals surface area contributed by atoms with Crippen molar-refractivity contribution < 1.29 is 19.4 Å². The van der Waals surface area contributed by atoms with Gasteiger partial charge in [0.25, 0.3) is 5.91 Å². The molecule has 0 bridgehead atoms. The summed E-state index contributed by atoms with van der Waals surface area (Å²) in [6.45, 7) is 5.48. The summed E-state index contributed by atoms with van der Waals surface area (Å²) in [4.78, 5) is 25.8. The molecular weight excluding hydrogens is 258 g/mol. The highest BCUT2D eigenvalue weighted by Crippen LogP contribution is 2.36. The average molecular weight is 283 g/mol. The number of ether oxygens (including phenoxy) is 1. The Morgan fingerprint density at radius 3 is 2.30 bits per heavy atom. The Bertz CT molecular complexity index is 379. The van der Waals surface area contributed by atoms with E-state index >= 15 is 0 Å². The van der Waals surface area contributed by atoms with Crippen molar-refractivity contribution in [3.8, 4) is 0 Å². The number of carboxylic acids is 1. The van der Waals surface area contributed by atoms with E-state index in [9.17, 15) is 14.7 Å². The Hall–Kier alpha value is -1.10. The Morgan fingerprint density at radius 1 is 1.20 bits per heavy atom. The third-order valence-corrected chi connectivity index (χ3v) is 5.06. The topological polar surface area (TPSA) is 66.8 Å². The van der Waals surface area contributed by atoms with Crippen LogP contribution in [0.15, 0.2) is 0 Å². The van der Waals surface area contributed by atoms with Crippen LogP contribution in [-0.4, -0.2) is 47.2 Å². The molecular formula is C15H25NO4. The van der Waals surface area contributed by atoms with Gasteiger partial charge in [-0.15, -0.1) is 0 Å². The number of piperidine rings is 1. The van der Waals surface area contributed by atoms with Crippen molar-refractivity contribution in [3.05, 3.63) is 0 Å². The molecule has 2 saturated heterocycles. The largest absolute Gasteiger partial charge is 0.481 e. The summed E-state index contributed by atoms with van der Waals surface area (Å²) in [5.74, 6) is -0.695. The lowest BCUT2D eigenvalue weighted by Crippen LogP contribution is -2.54. The zero-order valence-corrected chi connectivity index (χ0v) is 12.5. The standard InChI is InChI=1S/C15H25NO4/c1-3-15(13(18)19)7-9-16(10-8-15)12(17)14(2)6-4-5-11-20-14/h3-11H2,1-2H3,(H,18,19). The number of hydrogen-bond acceptors (Lipinski definition) is 3. The highest BCUT2D eigenvalue weighted by atomic mass is 16.5. The molecule has 0 aromatic rings. The van der Waals surface area contributed by atoms with Crippen LogP contribution in [0.25, 0.3) is 0 Å². The normalized spacial score (nSPS) is 30.0. The van der Waals surface area contributed by atoms with E-state index in [2.05, 4.69) is 0 Å². The van der Waals surface area contributed by atoms with Crippen LogP contribution in [0.4, 0.5) is 0 Å². The maximum atomic E-state index is 12.6. The Morgan fingerprint density at radius 2 is 1.85 bits per heavy atom. The monoisotopic (exact) mass is 283 g/mol. The molecule has 2 fully saturated rings. The van der Waals surface area contributed by atoms with Crippen molar-refractivity contribution >= 4 is 11.9 Å². The van der Waals surface area contributed by atoms with E-state index in [1.807, 2.05) is 13.8 Å². The molecule has 2 aliphatic rings. The predicted molar refractivity (Wildman–Crippen MR) is 74.4 cm³/mol. The Balaban J connectivity index is 1.99. The van der Waals surface area contributed by atoms with Crippen molar-refractivity contribution in [1.29, 1.82) is 0 Å². The number of rotatable bonds is 3. The maximum Gasteiger partial charge on any atom is 0.309 e. The van der Waals surface area contributed by atoms with Gasteiger partial charge in [-0.2, -0.15) is 0 Å².